The molecule has 0 amide bonds. The van der Waals surface area contributed by atoms with Crippen LogP contribution in [0.15, 0.2) is 12.1 Å². The molecule has 1 aromatic rings. The fourth-order valence-corrected chi connectivity index (χ4v) is 3.53. The molecule has 1 aliphatic heterocycles. The van der Waals surface area contributed by atoms with Gasteiger partial charge in [-0.25, -0.2) is 0 Å². The average molecular weight is 290 g/mol. The fourth-order valence-electron chi connectivity index (χ4n) is 3.53. The van der Waals surface area contributed by atoms with Gasteiger partial charge in [0, 0.05) is 30.6 Å². The van der Waals surface area contributed by atoms with Crippen molar-refractivity contribution in [3.8, 4) is 11.5 Å². The van der Waals surface area contributed by atoms with Crippen LogP contribution in [0, 0.1) is 11.3 Å². The molecule has 0 radical (unpaired) electrons. The van der Waals surface area contributed by atoms with E-state index in [0.29, 0.717) is 5.41 Å². The third-order valence-corrected chi connectivity index (χ3v) is 5.17. The van der Waals surface area contributed by atoms with Gasteiger partial charge in [0.1, 0.15) is 0 Å². The number of benzene rings is 1. The molecule has 1 saturated carbocycles. The third-order valence-electron chi connectivity index (χ3n) is 5.17. The van der Waals surface area contributed by atoms with Gasteiger partial charge in [-0.15, -0.1) is 0 Å². The van der Waals surface area contributed by atoms with Crippen molar-refractivity contribution in [1.82, 2.24) is 0 Å². The Bertz CT molecular complexity index is 471. The van der Waals surface area contributed by atoms with Crippen LogP contribution < -0.4 is 20.1 Å². The Labute approximate surface area is 127 Å². The molecule has 3 rings (SSSR count). The van der Waals surface area contributed by atoms with Crippen LogP contribution in [-0.4, -0.2) is 27.3 Å². The molecule has 1 aromatic carbocycles. The molecule has 4 nitrogen and oxygen atoms in total. The number of hydrogen-bond donors (Lipinski definition) is 2. The minimum absolute atomic E-state index is 0.381. The second-order valence-corrected chi connectivity index (χ2v) is 6.64. The summed E-state index contributed by atoms with van der Waals surface area (Å²) in [4.78, 5) is 0. The number of ether oxygens (including phenoxy) is 2. The molecule has 21 heavy (non-hydrogen) atoms. The Morgan fingerprint density at radius 3 is 1.86 bits per heavy atom. The molecule has 2 aliphatic rings. The maximum Gasteiger partial charge on any atom is 0.162 e. The van der Waals surface area contributed by atoms with Crippen LogP contribution >= 0.6 is 0 Å². The van der Waals surface area contributed by atoms with Gasteiger partial charge in [-0.2, -0.15) is 0 Å². The lowest BCUT2D eigenvalue weighted by molar-refractivity contribution is 0.185. The van der Waals surface area contributed by atoms with Crippen molar-refractivity contribution in [2.45, 2.75) is 32.6 Å². The van der Waals surface area contributed by atoms with E-state index in [9.17, 15) is 0 Å². The highest BCUT2D eigenvalue weighted by molar-refractivity contribution is 5.75. The minimum atomic E-state index is 0.381. The van der Waals surface area contributed by atoms with Gasteiger partial charge in [0.05, 0.1) is 25.6 Å². The van der Waals surface area contributed by atoms with Crippen LogP contribution in [0.2, 0.25) is 0 Å². The molecule has 2 N–H and O–H groups in total. The van der Waals surface area contributed by atoms with Crippen LogP contribution in [0.4, 0.5) is 11.4 Å². The van der Waals surface area contributed by atoms with E-state index in [1.54, 1.807) is 14.2 Å². The Balaban J connectivity index is 1.82. The molecule has 0 unspecified atom stereocenters. The van der Waals surface area contributed by atoms with Crippen LogP contribution in [0.5, 0.6) is 11.5 Å². The number of methoxy groups -OCH3 is 2. The molecular formula is C17H26N2O2. The summed E-state index contributed by atoms with van der Waals surface area (Å²) >= 11 is 0. The molecule has 0 bridgehead atoms. The van der Waals surface area contributed by atoms with E-state index in [2.05, 4.69) is 17.6 Å². The lowest BCUT2D eigenvalue weighted by Crippen LogP contribution is -2.38. The summed E-state index contributed by atoms with van der Waals surface area (Å²) in [5.41, 5.74) is 2.61. The van der Waals surface area contributed by atoms with Gasteiger partial charge in [0.15, 0.2) is 11.5 Å². The smallest absolute Gasteiger partial charge is 0.162 e. The summed E-state index contributed by atoms with van der Waals surface area (Å²) in [7, 11) is 3.36. The van der Waals surface area contributed by atoms with Crippen molar-refractivity contribution in [2.75, 3.05) is 37.9 Å². The summed E-state index contributed by atoms with van der Waals surface area (Å²) in [6.07, 6.45) is 5.28. The highest BCUT2D eigenvalue weighted by Gasteiger charge is 2.35. The van der Waals surface area contributed by atoms with E-state index in [1.165, 1.54) is 25.7 Å². The SMILES string of the molecule is COc1cc2c(cc1OC)NCC1(CCC(C)CC1)CN2. The van der Waals surface area contributed by atoms with E-state index in [-0.39, 0.29) is 0 Å². The second-order valence-electron chi connectivity index (χ2n) is 6.64. The number of fused-ring (bicyclic) bond motifs is 1. The van der Waals surface area contributed by atoms with Crippen molar-refractivity contribution < 1.29 is 9.47 Å². The molecule has 1 heterocycles. The topological polar surface area (TPSA) is 42.5 Å². The maximum atomic E-state index is 5.40. The summed E-state index contributed by atoms with van der Waals surface area (Å²) < 4.78 is 10.8. The summed E-state index contributed by atoms with van der Waals surface area (Å²) in [5.74, 6) is 2.43. The molecule has 4 heteroatoms. The summed E-state index contributed by atoms with van der Waals surface area (Å²) in [6, 6.07) is 4.07. The Hall–Kier alpha value is -1.58. The molecule has 116 valence electrons. The monoisotopic (exact) mass is 290 g/mol. The first-order chi connectivity index (χ1) is 10.2. The maximum absolute atomic E-state index is 5.40. The van der Waals surface area contributed by atoms with Crippen LogP contribution in [0.25, 0.3) is 0 Å². The van der Waals surface area contributed by atoms with Crippen LogP contribution in [0.3, 0.4) is 0 Å². The summed E-state index contributed by atoms with van der Waals surface area (Å²) in [5, 5.41) is 7.26. The van der Waals surface area contributed by atoms with Crippen LogP contribution in [-0.2, 0) is 0 Å². The van der Waals surface area contributed by atoms with E-state index in [1.807, 2.05) is 12.1 Å². The minimum Gasteiger partial charge on any atom is -0.493 e. The van der Waals surface area contributed by atoms with E-state index in [0.717, 1.165) is 41.9 Å². The Kier molecular flexibility index (Phi) is 3.87. The first kappa shape index (κ1) is 14.4. The van der Waals surface area contributed by atoms with Gasteiger partial charge >= 0.3 is 0 Å². The third kappa shape index (κ3) is 2.76. The zero-order valence-electron chi connectivity index (χ0n) is 13.3. The van der Waals surface area contributed by atoms with Gasteiger partial charge in [-0.1, -0.05) is 19.8 Å². The van der Waals surface area contributed by atoms with Crippen molar-refractivity contribution in [1.29, 1.82) is 0 Å². The normalized spacial score (nSPS) is 20.9. The molecule has 0 atom stereocenters. The first-order valence-corrected chi connectivity index (χ1v) is 7.89. The highest BCUT2D eigenvalue weighted by Crippen LogP contribution is 2.44. The zero-order chi connectivity index (χ0) is 14.9. The number of rotatable bonds is 2. The van der Waals surface area contributed by atoms with E-state index >= 15 is 0 Å². The first-order valence-electron chi connectivity index (χ1n) is 7.89. The Morgan fingerprint density at radius 2 is 1.43 bits per heavy atom. The standard InChI is InChI=1S/C17H26N2O2/c1-12-4-6-17(7-5-12)10-18-13-8-15(20-2)16(21-3)9-14(13)19-11-17/h8-9,12,18-19H,4-7,10-11H2,1-3H3. The van der Waals surface area contributed by atoms with Crippen molar-refractivity contribution >= 4 is 11.4 Å². The molecule has 0 aromatic heterocycles. The predicted octanol–water partition coefficient (Wildman–Crippen LogP) is 3.74. The number of anilines is 2. The van der Waals surface area contributed by atoms with Gasteiger partial charge in [0.2, 0.25) is 0 Å². The zero-order valence-corrected chi connectivity index (χ0v) is 13.3. The molecule has 1 aliphatic carbocycles. The van der Waals surface area contributed by atoms with Crippen LogP contribution in [0.1, 0.15) is 32.6 Å². The van der Waals surface area contributed by atoms with E-state index in [4.69, 9.17) is 9.47 Å². The average Bonchev–Trinajstić information content (AvgIpc) is 2.69. The highest BCUT2D eigenvalue weighted by atomic mass is 16.5. The van der Waals surface area contributed by atoms with Gasteiger partial charge in [0.25, 0.3) is 0 Å². The van der Waals surface area contributed by atoms with E-state index < -0.39 is 0 Å². The van der Waals surface area contributed by atoms with Gasteiger partial charge < -0.3 is 20.1 Å². The van der Waals surface area contributed by atoms with Gasteiger partial charge in [-0.05, 0) is 18.8 Å². The fraction of sp³-hybridized carbons (Fsp3) is 0.647. The molecule has 1 fully saturated rings. The number of nitrogens with one attached hydrogen (secondary N) is 2. The van der Waals surface area contributed by atoms with Gasteiger partial charge in [-0.3, -0.25) is 0 Å². The summed E-state index contributed by atoms with van der Waals surface area (Å²) in [6.45, 7) is 4.44. The predicted molar refractivity (Wildman–Crippen MR) is 86.6 cm³/mol. The lowest BCUT2D eigenvalue weighted by Gasteiger charge is -2.38. The molecule has 1 spiro atoms. The second kappa shape index (κ2) is 5.66. The van der Waals surface area contributed by atoms with Crippen molar-refractivity contribution in [2.24, 2.45) is 11.3 Å². The molecular weight excluding hydrogens is 264 g/mol. The lowest BCUT2D eigenvalue weighted by atomic mass is 9.71. The Morgan fingerprint density at radius 1 is 0.952 bits per heavy atom. The van der Waals surface area contributed by atoms with Crippen molar-refractivity contribution in [3.63, 3.8) is 0 Å². The molecule has 0 saturated heterocycles. The number of hydrogen-bond acceptors (Lipinski definition) is 4. The largest absolute Gasteiger partial charge is 0.493 e. The van der Waals surface area contributed by atoms with Crippen molar-refractivity contribution in [3.05, 3.63) is 12.1 Å². The quantitative estimate of drug-likeness (QED) is 0.871.